The highest BCUT2D eigenvalue weighted by molar-refractivity contribution is 5.94. The average molecular weight is 290 g/mol. The summed E-state index contributed by atoms with van der Waals surface area (Å²) >= 11 is 0. The van der Waals surface area contributed by atoms with E-state index in [4.69, 9.17) is 5.11 Å². The molecule has 6 heteroatoms. The fourth-order valence-corrected chi connectivity index (χ4v) is 2.06. The van der Waals surface area contributed by atoms with Crippen LogP contribution in [0.5, 0.6) is 0 Å². The Bertz CT molecular complexity index is 619. The molecule has 2 amide bonds. The highest BCUT2D eigenvalue weighted by atomic mass is 19.1. The number of aliphatic hydroxyl groups is 1. The molecular weight excluding hydrogens is 275 g/mol. The van der Waals surface area contributed by atoms with Gasteiger partial charge in [-0.3, -0.25) is 9.59 Å². The molecule has 2 rings (SSSR count). The topological polar surface area (TPSA) is 78.4 Å². The maximum Gasteiger partial charge on any atom is 0.254 e. The Balaban J connectivity index is 1.97. The maximum atomic E-state index is 13.8. The third-order valence-corrected chi connectivity index (χ3v) is 3.12. The second-order valence-corrected chi connectivity index (χ2v) is 4.67. The van der Waals surface area contributed by atoms with Crippen LogP contribution in [0.4, 0.5) is 4.39 Å². The fraction of sp³-hybridized carbons (Fsp3) is 0.333. The second-order valence-electron chi connectivity index (χ2n) is 4.67. The van der Waals surface area contributed by atoms with Crippen LogP contribution >= 0.6 is 0 Å². The van der Waals surface area contributed by atoms with Crippen molar-refractivity contribution >= 4 is 11.8 Å². The molecule has 3 N–H and O–H groups in total. The first-order valence-corrected chi connectivity index (χ1v) is 6.57. The van der Waals surface area contributed by atoms with Crippen molar-refractivity contribution in [1.82, 2.24) is 10.6 Å². The van der Waals surface area contributed by atoms with Crippen molar-refractivity contribution in [3.05, 3.63) is 35.1 Å². The van der Waals surface area contributed by atoms with E-state index in [1.807, 2.05) is 0 Å². The molecule has 1 saturated heterocycles. The maximum absolute atomic E-state index is 13.8. The number of halogens is 1. The predicted octanol–water partition coefficient (Wildman–Crippen LogP) is 0.178. The molecule has 0 spiro atoms. The molecule has 0 bridgehead atoms. The van der Waals surface area contributed by atoms with E-state index in [-0.39, 0.29) is 30.7 Å². The minimum absolute atomic E-state index is 0.0350. The normalized spacial score (nSPS) is 16.9. The smallest absolute Gasteiger partial charge is 0.254 e. The highest BCUT2D eigenvalue weighted by Gasteiger charge is 2.21. The molecule has 1 aromatic rings. The van der Waals surface area contributed by atoms with Crippen molar-refractivity contribution in [3.8, 4) is 11.8 Å². The number of carbonyl (C=O) groups excluding carboxylic acids is 2. The van der Waals surface area contributed by atoms with E-state index in [1.54, 1.807) is 0 Å². The molecule has 1 atom stereocenters. The zero-order chi connectivity index (χ0) is 15.2. The van der Waals surface area contributed by atoms with E-state index in [2.05, 4.69) is 22.5 Å². The van der Waals surface area contributed by atoms with E-state index in [9.17, 15) is 14.0 Å². The average Bonchev–Trinajstić information content (AvgIpc) is 2.88. The van der Waals surface area contributed by atoms with Crippen molar-refractivity contribution in [2.75, 3.05) is 13.2 Å². The summed E-state index contributed by atoms with van der Waals surface area (Å²) in [6, 6.07) is 3.91. The van der Waals surface area contributed by atoms with Crippen molar-refractivity contribution < 1.29 is 19.1 Å². The summed E-state index contributed by atoms with van der Waals surface area (Å²) < 4.78 is 13.8. The lowest BCUT2D eigenvalue weighted by Crippen LogP contribution is -2.38. The van der Waals surface area contributed by atoms with Gasteiger partial charge in [0, 0.05) is 24.6 Å². The quantitative estimate of drug-likeness (QED) is 0.695. The molecule has 1 unspecified atom stereocenters. The number of rotatable bonds is 3. The molecule has 0 aromatic heterocycles. The van der Waals surface area contributed by atoms with E-state index >= 15 is 0 Å². The first-order chi connectivity index (χ1) is 10.1. The van der Waals surface area contributed by atoms with Gasteiger partial charge in [-0.2, -0.15) is 0 Å². The Morgan fingerprint density at radius 1 is 1.52 bits per heavy atom. The number of aliphatic hydroxyl groups excluding tert-OH is 1. The van der Waals surface area contributed by atoms with Gasteiger partial charge in [-0.25, -0.2) is 4.39 Å². The van der Waals surface area contributed by atoms with Gasteiger partial charge in [-0.05, 0) is 24.6 Å². The summed E-state index contributed by atoms with van der Waals surface area (Å²) in [5.41, 5.74) is 0.315. The van der Waals surface area contributed by atoms with Gasteiger partial charge >= 0.3 is 0 Å². The summed E-state index contributed by atoms with van der Waals surface area (Å²) in [6.45, 7) is -0.0347. The third kappa shape index (κ3) is 4.04. The van der Waals surface area contributed by atoms with Crippen LogP contribution in [-0.4, -0.2) is 36.1 Å². The van der Waals surface area contributed by atoms with Crippen molar-refractivity contribution in [2.24, 2.45) is 0 Å². The van der Waals surface area contributed by atoms with Crippen molar-refractivity contribution in [2.45, 2.75) is 18.9 Å². The van der Waals surface area contributed by atoms with Gasteiger partial charge in [-0.1, -0.05) is 11.8 Å². The largest absolute Gasteiger partial charge is 0.384 e. The Hall–Kier alpha value is -2.39. The van der Waals surface area contributed by atoms with Crippen LogP contribution in [0, 0.1) is 17.7 Å². The van der Waals surface area contributed by atoms with Gasteiger partial charge in [0.2, 0.25) is 5.91 Å². The molecule has 21 heavy (non-hydrogen) atoms. The molecular formula is C15H15FN2O3. The molecule has 1 aromatic carbocycles. The van der Waals surface area contributed by atoms with E-state index < -0.39 is 11.7 Å². The van der Waals surface area contributed by atoms with Gasteiger partial charge < -0.3 is 15.7 Å². The molecule has 1 aliphatic heterocycles. The number of hydrogen-bond acceptors (Lipinski definition) is 3. The minimum atomic E-state index is -0.673. The van der Waals surface area contributed by atoms with Gasteiger partial charge in [0.1, 0.15) is 12.4 Å². The molecule has 0 saturated carbocycles. The lowest BCUT2D eigenvalue weighted by molar-refractivity contribution is -0.119. The second kappa shape index (κ2) is 6.86. The molecule has 5 nitrogen and oxygen atoms in total. The monoisotopic (exact) mass is 290 g/mol. The number of hydrogen-bond donors (Lipinski definition) is 3. The Labute approximate surface area is 121 Å². The summed E-state index contributed by atoms with van der Waals surface area (Å²) in [7, 11) is 0. The van der Waals surface area contributed by atoms with Crippen LogP contribution in [0.25, 0.3) is 0 Å². The minimum Gasteiger partial charge on any atom is -0.384 e. The highest BCUT2D eigenvalue weighted by Crippen LogP contribution is 2.11. The number of nitrogens with one attached hydrogen (secondary N) is 2. The Morgan fingerprint density at radius 3 is 2.95 bits per heavy atom. The summed E-state index contributed by atoms with van der Waals surface area (Å²) in [5.74, 6) is 3.73. The molecule has 110 valence electrons. The van der Waals surface area contributed by atoms with Crippen LogP contribution in [0.1, 0.15) is 28.8 Å². The van der Waals surface area contributed by atoms with E-state index in [0.29, 0.717) is 18.4 Å². The summed E-state index contributed by atoms with van der Waals surface area (Å²) in [4.78, 5) is 22.9. The Morgan fingerprint density at radius 2 is 2.33 bits per heavy atom. The van der Waals surface area contributed by atoms with Crippen LogP contribution in [0.15, 0.2) is 18.2 Å². The van der Waals surface area contributed by atoms with E-state index in [0.717, 1.165) is 6.07 Å². The van der Waals surface area contributed by atoms with E-state index in [1.165, 1.54) is 12.1 Å². The lowest BCUT2D eigenvalue weighted by atomic mass is 10.1. The molecule has 0 radical (unpaired) electrons. The van der Waals surface area contributed by atoms with Crippen LogP contribution in [0.2, 0.25) is 0 Å². The zero-order valence-electron chi connectivity index (χ0n) is 11.3. The van der Waals surface area contributed by atoms with Gasteiger partial charge in [-0.15, -0.1) is 0 Å². The molecule has 1 fully saturated rings. The fourth-order valence-electron chi connectivity index (χ4n) is 2.06. The molecule has 1 aliphatic rings. The van der Waals surface area contributed by atoms with Crippen LogP contribution < -0.4 is 10.6 Å². The standard InChI is InChI=1S/C15H15FN2O3/c16-13-8-10(2-1-7-19)3-5-12(13)15(21)17-9-11-4-6-14(20)18-11/h3,5,8,11,19H,4,6-7,9H2,(H,17,21)(H,18,20). The summed E-state index contributed by atoms with van der Waals surface area (Å²) in [6.07, 6.45) is 1.12. The number of benzene rings is 1. The zero-order valence-corrected chi connectivity index (χ0v) is 11.3. The van der Waals surface area contributed by atoms with Crippen LogP contribution in [-0.2, 0) is 4.79 Å². The van der Waals surface area contributed by atoms with Crippen molar-refractivity contribution in [1.29, 1.82) is 0 Å². The predicted molar refractivity (Wildman–Crippen MR) is 73.9 cm³/mol. The first-order valence-electron chi connectivity index (χ1n) is 6.57. The Kier molecular flexibility index (Phi) is 4.90. The summed E-state index contributed by atoms with van der Waals surface area (Å²) in [5, 5.41) is 13.9. The van der Waals surface area contributed by atoms with Gasteiger partial charge in [0.25, 0.3) is 5.91 Å². The SMILES string of the molecule is O=C1CCC(CNC(=O)c2ccc(C#CCO)cc2F)N1. The third-order valence-electron chi connectivity index (χ3n) is 3.12. The molecule has 1 heterocycles. The van der Waals surface area contributed by atoms with Crippen molar-refractivity contribution in [3.63, 3.8) is 0 Å². The number of amides is 2. The number of carbonyl (C=O) groups is 2. The lowest BCUT2D eigenvalue weighted by Gasteiger charge is -2.11. The van der Waals surface area contributed by atoms with Gasteiger partial charge in [0.05, 0.1) is 5.56 Å². The first kappa shape index (κ1) is 15.0. The van der Waals surface area contributed by atoms with Crippen LogP contribution in [0.3, 0.4) is 0 Å². The van der Waals surface area contributed by atoms with Gasteiger partial charge in [0.15, 0.2) is 0 Å². The molecule has 0 aliphatic carbocycles.